The molecule has 1 aliphatic rings. The highest BCUT2D eigenvalue weighted by Crippen LogP contribution is 2.19. The quantitative estimate of drug-likeness (QED) is 0.815. The number of carboxylic acid groups (broad SMARTS) is 1. The first-order chi connectivity index (χ1) is 7.93. The van der Waals surface area contributed by atoms with Gasteiger partial charge in [-0.3, -0.25) is 0 Å². The number of carbonyl (C=O) groups is 2. The Morgan fingerprint density at radius 2 is 2.12 bits per heavy atom. The van der Waals surface area contributed by atoms with Crippen LogP contribution in [-0.2, 0) is 4.79 Å². The Morgan fingerprint density at radius 1 is 1.47 bits per heavy atom. The Balaban J connectivity index is 2.53. The number of amides is 2. The van der Waals surface area contributed by atoms with Crippen LogP contribution in [0.25, 0.3) is 0 Å². The molecule has 0 aromatic rings. The largest absolute Gasteiger partial charge is 0.480 e. The number of rotatable bonds is 4. The van der Waals surface area contributed by atoms with Crippen molar-refractivity contribution in [3.63, 3.8) is 0 Å². The summed E-state index contributed by atoms with van der Waals surface area (Å²) in [6, 6.07) is -0.792. The summed E-state index contributed by atoms with van der Waals surface area (Å²) in [6.07, 6.45) is 2.29. The van der Waals surface area contributed by atoms with E-state index in [0.29, 0.717) is 25.4 Å². The fourth-order valence-electron chi connectivity index (χ4n) is 2.02. The van der Waals surface area contributed by atoms with Gasteiger partial charge in [0.15, 0.2) is 0 Å². The molecule has 1 rings (SSSR count). The van der Waals surface area contributed by atoms with Gasteiger partial charge in [-0.1, -0.05) is 13.8 Å². The van der Waals surface area contributed by atoms with Crippen LogP contribution in [-0.4, -0.2) is 53.1 Å². The van der Waals surface area contributed by atoms with Crippen LogP contribution < -0.4 is 0 Å². The predicted molar refractivity (Wildman–Crippen MR) is 64.8 cm³/mol. The average molecular weight is 242 g/mol. The Morgan fingerprint density at radius 3 is 2.65 bits per heavy atom. The van der Waals surface area contributed by atoms with Crippen LogP contribution in [0.3, 0.4) is 0 Å². The SMILES string of the molecule is CC(C)CCN(C)C(=O)N1CCC[C@H]1C(=O)O. The topological polar surface area (TPSA) is 60.9 Å². The van der Waals surface area contributed by atoms with E-state index in [9.17, 15) is 9.59 Å². The molecule has 0 radical (unpaired) electrons. The maximum atomic E-state index is 12.1. The number of urea groups is 1. The van der Waals surface area contributed by atoms with Gasteiger partial charge in [0.1, 0.15) is 6.04 Å². The normalized spacial score (nSPS) is 19.8. The summed E-state index contributed by atoms with van der Waals surface area (Å²) in [5.74, 6) is -0.354. The molecule has 0 aromatic heterocycles. The fourth-order valence-corrected chi connectivity index (χ4v) is 2.02. The van der Waals surface area contributed by atoms with E-state index in [4.69, 9.17) is 5.11 Å². The van der Waals surface area contributed by atoms with Gasteiger partial charge in [0.2, 0.25) is 0 Å². The van der Waals surface area contributed by atoms with Crippen molar-refractivity contribution in [1.29, 1.82) is 0 Å². The zero-order chi connectivity index (χ0) is 13.0. The third kappa shape index (κ3) is 3.61. The molecule has 1 N–H and O–H groups in total. The summed E-state index contributed by atoms with van der Waals surface area (Å²) in [5.41, 5.74) is 0. The highest BCUT2D eigenvalue weighted by atomic mass is 16.4. The molecular formula is C12H22N2O3. The number of likely N-dealkylation sites (tertiary alicyclic amines) is 1. The van der Waals surface area contributed by atoms with Gasteiger partial charge in [-0.05, 0) is 25.2 Å². The van der Waals surface area contributed by atoms with Crippen molar-refractivity contribution in [3.8, 4) is 0 Å². The van der Waals surface area contributed by atoms with Gasteiger partial charge in [0, 0.05) is 20.1 Å². The van der Waals surface area contributed by atoms with Crippen molar-refractivity contribution in [2.24, 2.45) is 5.92 Å². The van der Waals surface area contributed by atoms with Gasteiger partial charge in [-0.25, -0.2) is 9.59 Å². The number of aliphatic carboxylic acids is 1. The van der Waals surface area contributed by atoms with E-state index in [1.807, 2.05) is 0 Å². The average Bonchev–Trinajstić information content (AvgIpc) is 2.73. The molecular weight excluding hydrogens is 220 g/mol. The van der Waals surface area contributed by atoms with Gasteiger partial charge < -0.3 is 14.9 Å². The minimum atomic E-state index is -0.895. The van der Waals surface area contributed by atoms with Crippen LogP contribution in [0.15, 0.2) is 0 Å². The van der Waals surface area contributed by atoms with E-state index in [0.717, 1.165) is 12.8 Å². The third-order valence-corrected chi connectivity index (χ3v) is 3.15. The second-order valence-electron chi connectivity index (χ2n) is 5.08. The molecule has 1 aliphatic heterocycles. The van der Waals surface area contributed by atoms with E-state index in [1.165, 1.54) is 4.90 Å². The number of carboxylic acids is 1. The van der Waals surface area contributed by atoms with Crippen molar-refractivity contribution in [2.75, 3.05) is 20.1 Å². The second kappa shape index (κ2) is 5.89. The smallest absolute Gasteiger partial charge is 0.326 e. The fraction of sp³-hybridized carbons (Fsp3) is 0.833. The Labute approximate surface area is 102 Å². The maximum Gasteiger partial charge on any atom is 0.326 e. The first kappa shape index (κ1) is 13.8. The Hall–Kier alpha value is -1.26. The van der Waals surface area contributed by atoms with Crippen LogP contribution in [0.5, 0.6) is 0 Å². The van der Waals surface area contributed by atoms with Gasteiger partial charge >= 0.3 is 12.0 Å². The Kier molecular flexibility index (Phi) is 4.78. The van der Waals surface area contributed by atoms with Crippen molar-refractivity contribution < 1.29 is 14.7 Å². The summed E-state index contributed by atoms with van der Waals surface area (Å²) in [6.45, 7) is 5.45. The molecule has 2 amide bonds. The van der Waals surface area contributed by atoms with Crippen LogP contribution in [0, 0.1) is 5.92 Å². The minimum absolute atomic E-state index is 0.157. The van der Waals surface area contributed by atoms with Crippen molar-refractivity contribution >= 4 is 12.0 Å². The van der Waals surface area contributed by atoms with Crippen molar-refractivity contribution in [2.45, 2.75) is 39.2 Å². The lowest BCUT2D eigenvalue weighted by molar-refractivity contribution is -0.141. The van der Waals surface area contributed by atoms with Crippen LogP contribution in [0.2, 0.25) is 0 Å². The molecule has 98 valence electrons. The number of carbonyl (C=O) groups excluding carboxylic acids is 1. The van der Waals surface area contributed by atoms with E-state index in [1.54, 1.807) is 11.9 Å². The molecule has 0 aliphatic carbocycles. The zero-order valence-electron chi connectivity index (χ0n) is 10.8. The summed E-state index contributed by atoms with van der Waals surface area (Å²) in [7, 11) is 1.74. The Bertz CT molecular complexity index is 291. The van der Waals surface area contributed by atoms with E-state index in [2.05, 4.69) is 13.8 Å². The summed E-state index contributed by atoms with van der Waals surface area (Å²) < 4.78 is 0. The monoisotopic (exact) mass is 242 g/mol. The van der Waals surface area contributed by atoms with Gasteiger partial charge in [-0.15, -0.1) is 0 Å². The molecule has 0 saturated carbocycles. The van der Waals surface area contributed by atoms with Crippen molar-refractivity contribution in [3.05, 3.63) is 0 Å². The molecule has 0 bridgehead atoms. The summed E-state index contributed by atoms with van der Waals surface area (Å²) in [5, 5.41) is 9.02. The molecule has 17 heavy (non-hydrogen) atoms. The molecule has 1 heterocycles. The first-order valence-corrected chi connectivity index (χ1v) is 6.18. The molecule has 0 unspecified atom stereocenters. The van der Waals surface area contributed by atoms with Gasteiger partial charge in [0.25, 0.3) is 0 Å². The maximum absolute atomic E-state index is 12.1. The third-order valence-electron chi connectivity index (χ3n) is 3.15. The lowest BCUT2D eigenvalue weighted by atomic mass is 10.1. The van der Waals surface area contributed by atoms with Crippen LogP contribution in [0.1, 0.15) is 33.1 Å². The molecule has 1 saturated heterocycles. The van der Waals surface area contributed by atoms with Crippen LogP contribution >= 0.6 is 0 Å². The number of hydrogen-bond donors (Lipinski definition) is 1. The van der Waals surface area contributed by atoms with E-state index < -0.39 is 12.0 Å². The number of nitrogens with zero attached hydrogens (tertiary/aromatic N) is 2. The standard InChI is InChI=1S/C12H22N2O3/c1-9(2)6-8-13(3)12(17)14-7-4-5-10(14)11(15)16/h9-10H,4-8H2,1-3H3,(H,15,16)/t10-/m0/s1. The molecule has 1 fully saturated rings. The van der Waals surface area contributed by atoms with E-state index >= 15 is 0 Å². The molecule has 5 nitrogen and oxygen atoms in total. The van der Waals surface area contributed by atoms with E-state index in [-0.39, 0.29) is 6.03 Å². The highest BCUT2D eigenvalue weighted by Gasteiger charge is 2.35. The lowest BCUT2D eigenvalue weighted by Crippen LogP contribution is -2.47. The molecule has 0 spiro atoms. The summed E-state index contributed by atoms with van der Waals surface area (Å²) in [4.78, 5) is 26.2. The number of hydrogen-bond acceptors (Lipinski definition) is 2. The first-order valence-electron chi connectivity index (χ1n) is 6.18. The molecule has 1 atom stereocenters. The zero-order valence-corrected chi connectivity index (χ0v) is 10.8. The minimum Gasteiger partial charge on any atom is -0.480 e. The predicted octanol–water partition coefficient (Wildman–Crippen LogP) is 1.63. The highest BCUT2D eigenvalue weighted by molar-refractivity contribution is 5.83. The molecule has 0 aromatic carbocycles. The molecule has 5 heteroatoms. The lowest BCUT2D eigenvalue weighted by Gasteiger charge is -2.28. The van der Waals surface area contributed by atoms with Crippen LogP contribution in [0.4, 0.5) is 4.79 Å². The summed E-state index contributed by atoms with van der Waals surface area (Å²) >= 11 is 0. The van der Waals surface area contributed by atoms with Gasteiger partial charge in [-0.2, -0.15) is 0 Å². The van der Waals surface area contributed by atoms with Gasteiger partial charge in [0.05, 0.1) is 0 Å². The van der Waals surface area contributed by atoms with Crippen molar-refractivity contribution in [1.82, 2.24) is 9.80 Å². The second-order valence-corrected chi connectivity index (χ2v) is 5.08.